The zero-order chi connectivity index (χ0) is 19.5. The van der Waals surface area contributed by atoms with Crippen LogP contribution in [0.25, 0.3) is 10.9 Å². The van der Waals surface area contributed by atoms with Crippen molar-refractivity contribution in [1.29, 1.82) is 0 Å². The average Bonchev–Trinajstić information content (AvgIpc) is 3.13. The number of aromatic amines is 1. The number of pyridine rings is 1. The van der Waals surface area contributed by atoms with Crippen LogP contribution < -0.4 is 14.8 Å². The van der Waals surface area contributed by atoms with Gasteiger partial charge in [0.2, 0.25) is 12.7 Å². The second-order valence-corrected chi connectivity index (χ2v) is 8.69. The monoisotopic (exact) mass is 377 g/mol. The van der Waals surface area contributed by atoms with Crippen molar-refractivity contribution in [2.24, 2.45) is 0 Å². The van der Waals surface area contributed by atoms with E-state index < -0.39 is 5.41 Å². The molecule has 0 atom stereocenters. The maximum Gasteiger partial charge on any atom is 0.236 e. The molecule has 2 aliphatic rings. The summed E-state index contributed by atoms with van der Waals surface area (Å²) in [5, 5.41) is 4.06. The van der Waals surface area contributed by atoms with E-state index in [0.717, 1.165) is 40.8 Å². The van der Waals surface area contributed by atoms with E-state index in [-0.39, 0.29) is 18.1 Å². The Balaban J connectivity index is 1.40. The van der Waals surface area contributed by atoms with Crippen LogP contribution in [-0.4, -0.2) is 22.7 Å². The van der Waals surface area contributed by atoms with Gasteiger partial charge in [-0.15, -0.1) is 0 Å². The van der Waals surface area contributed by atoms with Gasteiger partial charge in [0.05, 0.1) is 17.1 Å². The van der Waals surface area contributed by atoms with E-state index in [0.29, 0.717) is 11.6 Å². The maximum absolute atomic E-state index is 13.1. The highest BCUT2D eigenvalue weighted by Crippen LogP contribution is 2.51. The molecule has 5 rings (SSSR count). The minimum Gasteiger partial charge on any atom is -0.454 e. The summed E-state index contributed by atoms with van der Waals surface area (Å²) < 4.78 is 10.8. The molecule has 6 nitrogen and oxygen atoms in total. The lowest BCUT2D eigenvalue weighted by molar-refractivity contribution is -0.118. The molecule has 144 valence electrons. The number of nitrogens with one attached hydrogen (secondary N) is 2. The number of fused-ring (bicyclic) bond motifs is 2. The molecule has 0 bridgehead atoms. The van der Waals surface area contributed by atoms with Gasteiger partial charge in [0, 0.05) is 16.5 Å². The molecule has 3 aromatic rings. The van der Waals surface area contributed by atoms with Gasteiger partial charge in [0.25, 0.3) is 0 Å². The van der Waals surface area contributed by atoms with Gasteiger partial charge in [0.1, 0.15) is 5.82 Å². The third kappa shape index (κ3) is 2.71. The van der Waals surface area contributed by atoms with Crippen LogP contribution in [0.2, 0.25) is 0 Å². The molecule has 0 spiro atoms. The molecule has 2 aromatic heterocycles. The summed E-state index contributed by atoms with van der Waals surface area (Å²) in [6, 6.07) is 9.81. The Morgan fingerprint density at radius 1 is 1.14 bits per heavy atom. The fraction of sp³-hybridized carbons (Fsp3) is 0.364. The highest BCUT2D eigenvalue weighted by molar-refractivity contribution is 6.01. The third-order valence-electron chi connectivity index (χ3n) is 5.66. The zero-order valence-electron chi connectivity index (χ0n) is 16.3. The van der Waals surface area contributed by atoms with Crippen molar-refractivity contribution in [3.63, 3.8) is 0 Å². The van der Waals surface area contributed by atoms with Crippen molar-refractivity contribution in [2.45, 2.75) is 44.4 Å². The number of anilines is 1. The predicted molar refractivity (Wildman–Crippen MR) is 107 cm³/mol. The van der Waals surface area contributed by atoms with Crippen LogP contribution in [0, 0.1) is 0 Å². The molecule has 0 radical (unpaired) electrons. The average molecular weight is 377 g/mol. The second-order valence-electron chi connectivity index (χ2n) is 8.69. The van der Waals surface area contributed by atoms with Crippen molar-refractivity contribution in [3.8, 4) is 11.5 Å². The van der Waals surface area contributed by atoms with Gasteiger partial charge in [-0.05, 0) is 42.7 Å². The number of hydrogen-bond acceptors (Lipinski definition) is 4. The van der Waals surface area contributed by atoms with Crippen LogP contribution in [0.4, 0.5) is 5.82 Å². The summed E-state index contributed by atoms with van der Waals surface area (Å²) in [6.45, 7) is 6.72. The molecule has 0 saturated heterocycles. The van der Waals surface area contributed by atoms with Gasteiger partial charge in [-0.2, -0.15) is 0 Å². The van der Waals surface area contributed by atoms with E-state index >= 15 is 0 Å². The predicted octanol–water partition coefficient (Wildman–Crippen LogP) is 4.26. The van der Waals surface area contributed by atoms with Gasteiger partial charge in [0.15, 0.2) is 11.5 Å². The Kier molecular flexibility index (Phi) is 3.50. The molecule has 1 aromatic carbocycles. The van der Waals surface area contributed by atoms with Crippen LogP contribution in [0.3, 0.4) is 0 Å². The van der Waals surface area contributed by atoms with Crippen molar-refractivity contribution in [3.05, 3.63) is 47.8 Å². The molecule has 28 heavy (non-hydrogen) atoms. The first-order valence-electron chi connectivity index (χ1n) is 9.56. The number of ether oxygens (including phenoxy) is 2. The Morgan fingerprint density at radius 3 is 2.68 bits per heavy atom. The molecule has 1 fully saturated rings. The smallest absolute Gasteiger partial charge is 0.236 e. The van der Waals surface area contributed by atoms with E-state index in [1.54, 1.807) is 6.20 Å². The number of benzene rings is 1. The van der Waals surface area contributed by atoms with E-state index in [1.165, 1.54) is 0 Å². The summed E-state index contributed by atoms with van der Waals surface area (Å²) in [7, 11) is 0. The van der Waals surface area contributed by atoms with Crippen molar-refractivity contribution in [2.75, 3.05) is 12.1 Å². The Labute approximate surface area is 163 Å². The van der Waals surface area contributed by atoms with Gasteiger partial charge >= 0.3 is 0 Å². The Hall–Kier alpha value is -3.02. The van der Waals surface area contributed by atoms with E-state index in [9.17, 15) is 4.79 Å². The molecule has 2 N–H and O–H groups in total. The third-order valence-corrected chi connectivity index (χ3v) is 5.66. The number of hydrogen-bond donors (Lipinski definition) is 2. The molecule has 1 aliphatic heterocycles. The molecule has 1 saturated carbocycles. The maximum atomic E-state index is 13.1. The largest absolute Gasteiger partial charge is 0.454 e. The van der Waals surface area contributed by atoms with Crippen LogP contribution in [0.15, 0.2) is 36.5 Å². The summed E-state index contributed by atoms with van der Waals surface area (Å²) in [4.78, 5) is 20.9. The first-order valence-corrected chi connectivity index (χ1v) is 9.56. The van der Waals surface area contributed by atoms with Crippen LogP contribution in [0.1, 0.15) is 44.9 Å². The van der Waals surface area contributed by atoms with E-state index in [4.69, 9.17) is 9.47 Å². The quantitative estimate of drug-likeness (QED) is 0.715. The van der Waals surface area contributed by atoms with E-state index in [2.05, 4.69) is 42.1 Å². The highest BCUT2D eigenvalue weighted by Gasteiger charge is 2.51. The molecule has 1 aliphatic carbocycles. The number of aromatic nitrogens is 2. The van der Waals surface area contributed by atoms with Gasteiger partial charge < -0.3 is 19.8 Å². The standard InChI is InChI=1S/C22H23N3O3/c1-21(2,3)18-8-13-9-19(23-11-15(13)24-18)25-20(26)22(6-7-22)14-4-5-16-17(10-14)28-12-27-16/h4-5,8-11,24H,6-7,12H2,1-3H3,(H,23,25,26). The number of H-pyrrole nitrogens is 1. The zero-order valence-corrected chi connectivity index (χ0v) is 16.3. The normalized spacial score (nSPS) is 17.0. The molecule has 0 unspecified atom stereocenters. The summed E-state index contributed by atoms with van der Waals surface area (Å²) in [5.41, 5.74) is 2.60. The topological polar surface area (TPSA) is 76.2 Å². The first kappa shape index (κ1) is 17.1. The SMILES string of the molecule is CC(C)(C)c1cc2cc(NC(=O)C3(c4ccc5c(c4)OCO5)CC3)ncc2[nH]1. The van der Waals surface area contributed by atoms with Gasteiger partial charge in [-0.3, -0.25) is 4.79 Å². The van der Waals surface area contributed by atoms with E-state index in [1.807, 2.05) is 24.3 Å². The number of rotatable bonds is 3. The lowest BCUT2D eigenvalue weighted by Crippen LogP contribution is -2.28. The lowest BCUT2D eigenvalue weighted by Gasteiger charge is -2.16. The summed E-state index contributed by atoms with van der Waals surface area (Å²) in [6.07, 6.45) is 3.42. The van der Waals surface area contributed by atoms with Crippen LogP contribution in [-0.2, 0) is 15.6 Å². The number of amides is 1. The molecule has 3 heterocycles. The second kappa shape index (κ2) is 5.74. The number of carbonyl (C=O) groups excluding carboxylic acids is 1. The molecular weight excluding hydrogens is 354 g/mol. The lowest BCUT2D eigenvalue weighted by atomic mass is 9.92. The minimum atomic E-state index is -0.508. The van der Waals surface area contributed by atoms with Crippen molar-refractivity contribution < 1.29 is 14.3 Å². The molecular formula is C22H23N3O3. The fourth-order valence-corrected chi connectivity index (χ4v) is 3.71. The van der Waals surface area contributed by atoms with Gasteiger partial charge in [-0.25, -0.2) is 4.98 Å². The highest BCUT2D eigenvalue weighted by atomic mass is 16.7. The number of carbonyl (C=O) groups is 1. The Morgan fingerprint density at radius 2 is 1.93 bits per heavy atom. The molecule has 1 amide bonds. The summed E-state index contributed by atoms with van der Waals surface area (Å²) in [5.74, 6) is 1.99. The number of nitrogens with zero attached hydrogens (tertiary/aromatic N) is 1. The van der Waals surface area contributed by atoms with Crippen molar-refractivity contribution >= 4 is 22.6 Å². The molecule has 6 heteroatoms. The van der Waals surface area contributed by atoms with Crippen LogP contribution in [0.5, 0.6) is 11.5 Å². The van der Waals surface area contributed by atoms with Gasteiger partial charge in [-0.1, -0.05) is 26.8 Å². The van der Waals surface area contributed by atoms with Crippen molar-refractivity contribution in [1.82, 2.24) is 9.97 Å². The summed E-state index contributed by atoms with van der Waals surface area (Å²) >= 11 is 0. The minimum absolute atomic E-state index is 0.0233. The fourth-order valence-electron chi connectivity index (χ4n) is 3.71. The Bertz CT molecular complexity index is 1090. The van der Waals surface area contributed by atoms with Crippen LogP contribution >= 0.6 is 0 Å². The first-order chi connectivity index (χ1) is 13.3.